The van der Waals surface area contributed by atoms with Crippen molar-refractivity contribution in [1.82, 2.24) is 24.5 Å². The average molecular weight is 438 g/mol. The molecule has 2 aliphatic heterocycles. The molecule has 2 fully saturated rings. The van der Waals surface area contributed by atoms with Gasteiger partial charge < -0.3 is 19.3 Å². The Morgan fingerprint density at radius 1 is 0.969 bits per heavy atom. The van der Waals surface area contributed by atoms with E-state index in [0.29, 0.717) is 69.7 Å². The van der Waals surface area contributed by atoms with Crippen molar-refractivity contribution in [2.24, 2.45) is 0 Å². The number of carbonyl (C=O) groups excluding carboxylic acids is 1. The normalized spacial score (nSPS) is 21.7. The zero-order valence-electron chi connectivity index (χ0n) is 18.1. The highest BCUT2D eigenvalue weighted by Crippen LogP contribution is 2.27. The molecule has 11 nitrogen and oxygen atoms in total. The van der Waals surface area contributed by atoms with Crippen LogP contribution in [0, 0.1) is 0 Å². The largest absolute Gasteiger partial charge is 0.378 e. The van der Waals surface area contributed by atoms with E-state index in [9.17, 15) is 4.79 Å². The smallest absolute Gasteiger partial charge is 0.243 e. The molecule has 2 aliphatic rings. The second kappa shape index (κ2) is 8.67. The molecule has 0 unspecified atom stereocenters. The summed E-state index contributed by atoms with van der Waals surface area (Å²) in [6, 6.07) is 7.73. The van der Waals surface area contributed by atoms with E-state index >= 15 is 0 Å². The van der Waals surface area contributed by atoms with Gasteiger partial charge in [-0.15, -0.1) is 0 Å². The maximum absolute atomic E-state index is 11.3. The quantitative estimate of drug-likeness (QED) is 0.588. The summed E-state index contributed by atoms with van der Waals surface area (Å²) in [4.78, 5) is 34.5. The molecule has 168 valence electrons. The molecule has 3 aromatic rings. The number of amides is 1. The first-order valence-corrected chi connectivity index (χ1v) is 10.8. The molecule has 0 spiro atoms. The molecule has 32 heavy (non-hydrogen) atoms. The van der Waals surface area contributed by atoms with Gasteiger partial charge in [0.2, 0.25) is 30.2 Å². The lowest BCUT2D eigenvalue weighted by Crippen LogP contribution is -2.49. The van der Waals surface area contributed by atoms with Crippen molar-refractivity contribution in [2.45, 2.75) is 26.0 Å². The molecule has 0 aliphatic carbocycles. The summed E-state index contributed by atoms with van der Waals surface area (Å²) in [7, 11) is 0. The number of rotatable bonds is 5. The monoisotopic (exact) mass is 438 g/mol. The summed E-state index contributed by atoms with van der Waals surface area (Å²) in [5, 5.41) is 2.68. The molecule has 4 heterocycles. The first-order chi connectivity index (χ1) is 15.7. The van der Waals surface area contributed by atoms with Gasteiger partial charge in [-0.1, -0.05) is 12.1 Å². The predicted molar refractivity (Wildman–Crippen MR) is 119 cm³/mol. The fourth-order valence-corrected chi connectivity index (χ4v) is 4.07. The summed E-state index contributed by atoms with van der Waals surface area (Å²) >= 11 is 0. The highest BCUT2D eigenvalue weighted by atomic mass is 16.5. The minimum Gasteiger partial charge on any atom is -0.378 e. The number of para-hydroxylation sites is 2. The molecule has 0 bridgehead atoms. The number of hydrogen-bond donors (Lipinski definition) is 1. The molecule has 5 rings (SSSR count). The van der Waals surface area contributed by atoms with Crippen LogP contribution in [0.1, 0.15) is 13.8 Å². The second-order valence-corrected chi connectivity index (χ2v) is 7.87. The molecule has 2 atom stereocenters. The Kier molecular flexibility index (Phi) is 5.58. The van der Waals surface area contributed by atoms with Crippen molar-refractivity contribution in [3.8, 4) is 5.95 Å². The van der Waals surface area contributed by atoms with Crippen molar-refractivity contribution in [2.75, 3.05) is 54.6 Å². The Hall–Kier alpha value is -3.31. The SMILES string of the molecule is C[C@@H]1[C@@H](C)OCCN1c1nc(N2CCOCC2)nc(-n2c(NC=O)nc3ccccc32)n1. The maximum Gasteiger partial charge on any atom is 0.243 e. The number of aromatic nitrogens is 5. The van der Waals surface area contributed by atoms with Gasteiger partial charge in [0.15, 0.2) is 0 Å². The van der Waals surface area contributed by atoms with Crippen molar-refractivity contribution in [1.29, 1.82) is 0 Å². The van der Waals surface area contributed by atoms with Gasteiger partial charge in [0, 0.05) is 19.6 Å². The van der Waals surface area contributed by atoms with Crippen molar-refractivity contribution in [3.05, 3.63) is 24.3 Å². The van der Waals surface area contributed by atoms with Crippen LogP contribution in [0.2, 0.25) is 0 Å². The van der Waals surface area contributed by atoms with Crippen LogP contribution in [0.3, 0.4) is 0 Å². The van der Waals surface area contributed by atoms with Gasteiger partial charge in [-0.25, -0.2) is 9.55 Å². The third kappa shape index (κ3) is 3.73. The van der Waals surface area contributed by atoms with Crippen molar-refractivity contribution >= 4 is 35.3 Å². The maximum atomic E-state index is 11.3. The average Bonchev–Trinajstić information content (AvgIpc) is 3.19. The predicted octanol–water partition coefficient (Wildman–Crippen LogP) is 1.23. The van der Waals surface area contributed by atoms with Gasteiger partial charge in [-0.05, 0) is 26.0 Å². The van der Waals surface area contributed by atoms with Crippen LogP contribution in [0.25, 0.3) is 17.0 Å². The number of morpholine rings is 2. The Labute approximate surface area is 185 Å². The number of ether oxygens (including phenoxy) is 2. The lowest BCUT2D eigenvalue weighted by atomic mass is 10.1. The van der Waals surface area contributed by atoms with Crippen LogP contribution in [0.15, 0.2) is 24.3 Å². The van der Waals surface area contributed by atoms with E-state index in [-0.39, 0.29) is 12.1 Å². The number of nitrogens with zero attached hydrogens (tertiary/aromatic N) is 7. The van der Waals surface area contributed by atoms with Gasteiger partial charge >= 0.3 is 0 Å². The van der Waals surface area contributed by atoms with E-state index in [0.717, 1.165) is 11.0 Å². The molecule has 11 heteroatoms. The first kappa shape index (κ1) is 20.6. The number of imidazole rings is 1. The van der Waals surface area contributed by atoms with E-state index in [2.05, 4.69) is 33.9 Å². The van der Waals surface area contributed by atoms with Crippen LogP contribution in [0.5, 0.6) is 0 Å². The van der Waals surface area contributed by atoms with Crippen LogP contribution in [0.4, 0.5) is 17.8 Å². The standard InChI is InChI=1S/C21H26N8O3/c1-14-15(2)32-12-9-28(14)20-24-19(27-7-10-31-11-8-27)25-21(26-20)29-17-6-4-3-5-16(17)23-18(29)22-13-30/h3-6,13-15H,7-12H2,1-2H3,(H,22,23,30)/t14-,15-/m1/s1. The minimum atomic E-state index is 0.0529. The van der Waals surface area contributed by atoms with E-state index in [1.807, 2.05) is 24.3 Å². The molecule has 1 aromatic carbocycles. The number of carbonyl (C=O) groups is 1. The molecule has 2 aromatic heterocycles. The Morgan fingerprint density at radius 2 is 1.72 bits per heavy atom. The molecule has 0 radical (unpaired) electrons. The minimum absolute atomic E-state index is 0.0529. The van der Waals surface area contributed by atoms with Gasteiger partial charge in [-0.3, -0.25) is 10.1 Å². The van der Waals surface area contributed by atoms with Crippen molar-refractivity contribution < 1.29 is 14.3 Å². The van der Waals surface area contributed by atoms with E-state index in [4.69, 9.17) is 24.4 Å². The van der Waals surface area contributed by atoms with Crippen LogP contribution < -0.4 is 15.1 Å². The topological polar surface area (TPSA) is 111 Å². The van der Waals surface area contributed by atoms with Crippen LogP contribution >= 0.6 is 0 Å². The number of hydrogen-bond acceptors (Lipinski definition) is 9. The zero-order chi connectivity index (χ0) is 22.1. The number of anilines is 3. The summed E-state index contributed by atoms with van der Waals surface area (Å²) < 4.78 is 13.1. The summed E-state index contributed by atoms with van der Waals surface area (Å²) in [5.41, 5.74) is 1.53. The van der Waals surface area contributed by atoms with Gasteiger partial charge in [0.05, 0.1) is 43.0 Å². The Balaban J connectivity index is 1.67. The number of benzene rings is 1. The molecular weight excluding hydrogens is 412 g/mol. The second-order valence-electron chi connectivity index (χ2n) is 7.87. The van der Waals surface area contributed by atoms with Crippen LogP contribution in [-0.2, 0) is 14.3 Å². The Bertz CT molecular complexity index is 1110. The highest BCUT2D eigenvalue weighted by Gasteiger charge is 2.29. The Morgan fingerprint density at radius 3 is 2.53 bits per heavy atom. The number of fused-ring (bicyclic) bond motifs is 1. The highest BCUT2D eigenvalue weighted by molar-refractivity contribution is 5.83. The molecule has 1 N–H and O–H groups in total. The zero-order valence-corrected chi connectivity index (χ0v) is 18.1. The van der Waals surface area contributed by atoms with Crippen molar-refractivity contribution in [3.63, 3.8) is 0 Å². The number of nitrogens with one attached hydrogen (secondary N) is 1. The molecule has 0 saturated carbocycles. The van der Waals surface area contributed by atoms with Gasteiger partial charge in [0.25, 0.3) is 0 Å². The van der Waals surface area contributed by atoms with Gasteiger partial charge in [-0.2, -0.15) is 15.0 Å². The summed E-state index contributed by atoms with van der Waals surface area (Å²) in [6.07, 6.45) is 0.659. The lowest BCUT2D eigenvalue weighted by Gasteiger charge is -2.38. The van der Waals surface area contributed by atoms with E-state index in [1.165, 1.54) is 0 Å². The lowest BCUT2D eigenvalue weighted by molar-refractivity contribution is -0.105. The van der Waals surface area contributed by atoms with Crippen LogP contribution in [-0.4, -0.2) is 82.5 Å². The van der Waals surface area contributed by atoms with E-state index < -0.39 is 0 Å². The molecule has 2 saturated heterocycles. The fourth-order valence-electron chi connectivity index (χ4n) is 4.07. The third-order valence-corrected chi connectivity index (χ3v) is 5.98. The molecule has 1 amide bonds. The first-order valence-electron chi connectivity index (χ1n) is 10.8. The summed E-state index contributed by atoms with van der Waals surface area (Å²) in [5.74, 6) is 1.92. The van der Waals surface area contributed by atoms with E-state index in [1.54, 1.807) is 4.57 Å². The van der Waals surface area contributed by atoms with Gasteiger partial charge in [0.1, 0.15) is 0 Å². The summed E-state index contributed by atoms with van der Waals surface area (Å²) in [6.45, 7) is 8.07. The third-order valence-electron chi connectivity index (χ3n) is 5.98. The molecular formula is C21H26N8O3. The fraction of sp³-hybridized carbons (Fsp3) is 0.476.